The van der Waals surface area contributed by atoms with Crippen molar-refractivity contribution in [2.75, 3.05) is 33.3 Å². The lowest BCUT2D eigenvalue weighted by molar-refractivity contribution is -0.130. The molecule has 0 N–H and O–H groups in total. The number of amides is 3. The van der Waals surface area contributed by atoms with E-state index in [0.717, 1.165) is 37.4 Å². The summed E-state index contributed by atoms with van der Waals surface area (Å²) in [6.07, 6.45) is 1.78. The number of carbonyl (C=O) groups is 2. The number of likely N-dealkylation sites (tertiary alicyclic amines) is 1. The number of fused-ring (bicyclic) bond motifs is 1. The van der Waals surface area contributed by atoms with Gasteiger partial charge in [-0.3, -0.25) is 14.6 Å². The third kappa shape index (κ3) is 3.00. The minimum absolute atomic E-state index is 0.0461. The topological polar surface area (TPSA) is 62.3 Å². The number of imide groups is 1. The number of hydrogen-bond acceptors (Lipinski definition) is 5. The first-order valence-corrected chi connectivity index (χ1v) is 9.25. The zero-order valence-electron chi connectivity index (χ0n) is 15.3. The summed E-state index contributed by atoms with van der Waals surface area (Å²) in [6.45, 7) is 4.66. The molecule has 0 aliphatic carbocycles. The number of hydrogen-bond donors (Lipinski definition) is 0. The molecule has 0 radical (unpaired) electrons. The van der Waals surface area contributed by atoms with Gasteiger partial charge in [0.05, 0.1) is 6.04 Å². The zero-order valence-corrected chi connectivity index (χ0v) is 15.3. The Hall–Kier alpha value is -2.28. The Morgan fingerprint density at radius 2 is 1.96 bits per heavy atom. The van der Waals surface area contributed by atoms with Gasteiger partial charge in [0.25, 0.3) is 5.91 Å². The van der Waals surface area contributed by atoms with E-state index >= 15 is 0 Å². The summed E-state index contributed by atoms with van der Waals surface area (Å²) in [5, 5.41) is 0. The fraction of sp³-hybridized carbons (Fsp3) is 0.579. The van der Waals surface area contributed by atoms with E-state index in [1.54, 1.807) is 14.0 Å². The number of urea groups is 1. The molecule has 26 heavy (non-hydrogen) atoms. The largest absolute Gasteiger partial charge is 0.486 e. The molecule has 0 aromatic heterocycles. The van der Waals surface area contributed by atoms with Crippen molar-refractivity contribution in [1.29, 1.82) is 0 Å². The first-order valence-electron chi connectivity index (χ1n) is 9.25. The van der Waals surface area contributed by atoms with Crippen molar-refractivity contribution >= 4 is 11.9 Å². The van der Waals surface area contributed by atoms with Gasteiger partial charge in [-0.15, -0.1) is 0 Å². The minimum Gasteiger partial charge on any atom is -0.486 e. The monoisotopic (exact) mass is 359 g/mol. The molecule has 1 aromatic carbocycles. The summed E-state index contributed by atoms with van der Waals surface area (Å²) >= 11 is 0. The van der Waals surface area contributed by atoms with Crippen molar-refractivity contribution in [2.45, 2.75) is 38.0 Å². The Kier molecular flexibility index (Phi) is 4.48. The van der Waals surface area contributed by atoms with Gasteiger partial charge in [-0.1, -0.05) is 12.1 Å². The van der Waals surface area contributed by atoms with Gasteiger partial charge in [0.15, 0.2) is 11.5 Å². The standard InChI is InChI=1S/C19H25N3O4/c1-13-18(23)22(19(24)20(13)2)14-6-5-9-21(10-14)11-15-12-25-16-7-3-4-8-17(16)26-15/h3-4,7-8,13-15H,5-6,9-12H2,1-2H3/t13?,14-,15-/m0/s1. The number of likely N-dealkylation sites (N-methyl/N-ethyl adjacent to an activating group) is 1. The van der Waals surface area contributed by atoms with Crippen molar-refractivity contribution in [3.63, 3.8) is 0 Å². The Labute approximate surface area is 153 Å². The number of ether oxygens (including phenoxy) is 2. The molecule has 7 heteroatoms. The van der Waals surface area contributed by atoms with Gasteiger partial charge in [-0.25, -0.2) is 4.79 Å². The van der Waals surface area contributed by atoms with Crippen LogP contribution in [0.25, 0.3) is 0 Å². The van der Waals surface area contributed by atoms with Gasteiger partial charge in [0.2, 0.25) is 0 Å². The van der Waals surface area contributed by atoms with Gasteiger partial charge in [-0.2, -0.15) is 0 Å². The fourth-order valence-electron chi connectivity index (χ4n) is 3.98. The number of piperidine rings is 1. The van der Waals surface area contributed by atoms with Gasteiger partial charge in [0, 0.05) is 20.1 Å². The minimum atomic E-state index is -0.371. The maximum atomic E-state index is 12.5. The van der Waals surface area contributed by atoms with Crippen LogP contribution in [0.15, 0.2) is 24.3 Å². The average Bonchev–Trinajstić information content (AvgIpc) is 2.85. The average molecular weight is 359 g/mol. The van der Waals surface area contributed by atoms with Crippen molar-refractivity contribution in [3.05, 3.63) is 24.3 Å². The Morgan fingerprint density at radius 3 is 2.69 bits per heavy atom. The van der Waals surface area contributed by atoms with Crippen LogP contribution in [-0.4, -0.2) is 78.1 Å². The molecule has 140 valence electrons. The third-order valence-electron chi connectivity index (χ3n) is 5.56. The number of nitrogens with zero attached hydrogens (tertiary/aromatic N) is 3. The molecule has 0 spiro atoms. The molecule has 2 fully saturated rings. The maximum Gasteiger partial charge on any atom is 0.327 e. The highest BCUT2D eigenvalue weighted by Crippen LogP contribution is 2.31. The van der Waals surface area contributed by atoms with E-state index in [4.69, 9.17) is 9.47 Å². The first kappa shape index (κ1) is 17.1. The van der Waals surface area contributed by atoms with E-state index in [0.29, 0.717) is 13.2 Å². The van der Waals surface area contributed by atoms with Crippen LogP contribution in [0, 0.1) is 0 Å². The maximum absolute atomic E-state index is 12.5. The van der Waals surface area contributed by atoms with Gasteiger partial charge < -0.3 is 14.4 Å². The first-order chi connectivity index (χ1) is 12.5. The molecule has 3 aliphatic rings. The van der Waals surface area contributed by atoms with Crippen molar-refractivity contribution in [3.8, 4) is 11.5 Å². The molecule has 1 aromatic rings. The highest BCUT2D eigenvalue weighted by atomic mass is 16.6. The van der Waals surface area contributed by atoms with Crippen LogP contribution in [-0.2, 0) is 4.79 Å². The van der Waals surface area contributed by atoms with E-state index in [1.165, 1.54) is 9.80 Å². The second-order valence-electron chi connectivity index (χ2n) is 7.33. The molecule has 0 saturated carbocycles. The van der Waals surface area contributed by atoms with Crippen LogP contribution in [0.5, 0.6) is 11.5 Å². The van der Waals surface area contributed by atoms with Crippen molar-refractivity contribution in [2.24, 2.45) is 0 Å². The number of rotatable bonds is 3. The molecule has 0 bridgehead atoms. The van der Waals surface area contributed by atoms with E-state index in [2.05, 4.69) is 4.90 Å². The third-order valence-corrected chi connectivity index (χ3v) is 5.56. The van der Waals surface area contributed by atoms with Crippen molar-refractivity contribution in [1.82, 2.24) is 14.7 Å². The van der Waals surface area contributed by atoms with Crippen LogP contribution in [0.4, 0.5) is 4.79 Å². The van der Waals surface area contributed by atoms with Crippen LogP contribution in [0.3, 0.4) is 0 Å². The fourth-order valence-corrected chi connectivity index (χ4v) is 3.98. The Balaban J connectivity index is 1.39. The Morgan fingerprint density at radius 1 is 1.19 bits per heavy atom. The summed E-state index contributed by atoms with van der Waals surface area (Å²) in [6, 6.07) is 7.08. The normalized spacial score (nSPS) is 29.4. The molecule has 4 rings (SSSR count). The summed E-state index contributed by atoms with van der Waals surface area (Å²) in [7, 11) is 1.69. The Bertz CT molecular complexity index is 690. The number of benzene rings is 1. The van der Waals surface area contributed by atoms with Gasteiger partial charge >= 0.3 is 6.03 Å². The molecule has 3 aliphatic heterocycles. The molecular formula is C19H25N3O4. The van der Waals surface area contributed by atoms with Gasteiger partial charge in [0.1, 0.15) is 18.8 Å². The SMILES string of the molecule is CC1C(=O)N([C@H]2CCCN(C[C@H]3COc4ccccc4O3)C2)C(=O)N1C. The highest BCUT2D eigenvalue weighted by molar-refractivity contribution is 6.04. The summed E-state index contributed by atoms with van der Waals surface area (Å²) in [4.78, 5) is 30.2. The van der Waals surface area contributed by atoms with Crippen LogP contribution in [0.1, 0.15) is 19.8 Å². The second-order valence-corrected chi connectivity index (χ2v) is 7.33. The van der Waals surface area contributed by atoms with Crippen LogP contribution >= 0.6 is 0 Å². The number of para-hydroxylation sites is 2. The highest BCUT2D eigenvalue weighted by Gasteiger charge is 2.45. The number of carbonyl (C=O) groups excluding carboxylic acids is 2. The van der Waals surface area contributed by atoms with Gasteiger partial charge in [-0.05, 0) is 38.4 Å². The lowest BCUT2D eigenvalue weighted by Gasteiger charge is -2.38. The molecule has 3 amide bonds. The molecule has 3 atom stereocenters. The summed E-state index contributed by atoms with van der Waals surface area (Å²) in [5.74, 6) is 1.47. The quantitative estimate of drug-likeness (QED) is 0.767. The smallest absolute Gasteiger partial charge is 0.327 e. The zero-order chi connectivity index (χ0) is 18.3. The molecule has 2 saturated heterocycles. The predicted octanol–water partition coefficient (Wildman–Crippen LogP) is 1.57. The van der Waals surface area contributed by atoms with Crippen LogP contribution in [0.2, 0.25) is 0 Å². The molecular weight excluding hydrogens is 334 g/mol. The van der Waals surface area contributed by atoms with E-state index in [-0.39, 0.29) is 30.1 Å². The summed E-state index contributed by atoms with van der Waals surface area (Å²) in [5.41, 5.74) is 0. The lowest BCUT2D eigenvalue weighted by Crippen LogP contribution is -2.53. The van der Waals surface area contributed by atoms with E-state index in [1.807, 2.05) is 24.3 Å². The van der Waals surface area contributed by atoms with E-state index in [9.17, 15) is 9.59 Å². The van der Waals surface area contributed by atoms with E-state index < -0.39 is 0 Å². The summed E-state index contributed by atoms with van der Waals surface area (Å²) < 4.78 is 11.8. The predicted molar refractivity (Wildman–Crippen MR) is 95.3 cm³/mol. The molecule has 1 unspecified atom stereocenters. The van der Waals surface area contributed by atoms with Crippen LogP contribution < -0.4 is 9.47 Å². The molecule has 7 nitrogen and oxygen atoms in total. The second kappa shape index (κ2) is 6.79. The molecule has 3 heterocycles. The lowest BCUT2D eigenvalue weighted by atomic mass is 10.0. The van der Waals surface area contributed by atoms with Crippen molar-refractivity contribution < 1.29 is 19.1 Å².